The number of aryl methyl sites for hydroxylation is 1. The predicted molar refractivity (Wildman–Crippen MR) is 135 cm³/mol. The fourth-order valence-corrected chi connectivity index (χ4v) is 4.69. The Balaban J connectivity index is 1.43. The molecule has 4 aromatic rings. The van der Waals surface area contributed by atoms with E-state index in [1.54, 1.807) is 24.4 Å². The molecule has 3 N–H and O–H groups in total. The van der Waals surface area contributed by atoms with Gasteiger partial charge in [-0.1, -0.05) is 29.3 Å². The molecule has 9 nitrogen and oxygen atoms in total. The van der Waals surface area contributed by atoms with E-state index in [1.807, 2.05) is 19.1 Å². The van der Waals surface area contributed by atoms with Gasteiger partial charge in [-0.15, -0.1) is 0 Å². The van der Waals surface area contributed by atoms with Crippen LogP contribution in [-0.2, 0) is 0 Å². The molecular weight excluding hydrogens is 475 g/mol. The van der Waals surface area contributed by atoms with Crippen LogP contribution < -0.4 is 10.2 Å². The molecule has 0 radical (unpaired) electrons. The number of rotatable bonds is 6. The monoisotopic (exact) mass is 498 g/mol. The van der Waals surface area contributed by atoms with Gasteiger partial charge in [0, 0.05) is 45.0 Å². The summed E-state index contributed by atoms with van der Waals surface area (Å²) in [6.07, 6.45) is 1.69. The van der Waals surface area contributed by atoms with Crippen molar-refractivity contribution < 1.29 is 5.11 Å². The normalized spacial score (nSPS) is 14.6. The number of benzene rings is 1. The molecule has 176 valence electrons. The minimum absolute atomic E-state index is 0.178. The van der Waals surface area contributed by atoms with Crippen LogP contribution in [0.2, 0.25) is 10.0 Å². The summed E-state index contributed by atoms with van der Waals surface area (Å²) in [7, 11) is 0. The fraction of sp³-hybridized carbons (Fsp3) is 0.304. The molecule has 1 fully saturated rings. The number of piperazine rings is 1. The van der Waals surface area contributed by atoms with Crippen molar-refractivity contribution in [2.45, 2.75) is 6.92 Å². The molecule has 5 rings (SSSR count). The van der Waals surface area contributed by atoms with Gasteiger partial charge in [0.05, 0.1) is 27.7 Å². The van der Waals surface area contributed by atoms with Crippen LogP contribution in [0, 0.1) is 6.92 Å². The second kappa shape index (κ2) is 9.71. The molecule has 0 spiro atoms. The van der Waals surface area contributed by atoms with Crippen molar-refractivity contribution in [1.82, 2.24) is 29.8 Å². The SMILES string of the molecule is Cc1nc(Nc2nccc3nc(-c4c(Cl)cccc4Cl)[nH]c23)cc(N2CCN(CCO)CC2)n1. The maximum Gasteiger partial charge on any atom is 0.157 e. The summed E-state index contributed by atoms with van der Waals surface area (Å²) >= 11 is 12.8. The lowest BCUT2D eigenvalue weighted by molar-refractivity contribution is 0.188. The summed E-state index contributed by atoms with van der Waals surface area (Å²) < 4.78 is 0. The number of hydrogen-bond donors (Lipinski definition) is 3. The molecule has 0 atom stereocenters. The van der Waals surface area contributed by atoms with E-state index in [1.165, 1.54) is 0 Å². The van der Waals surface area contributed by atoms with Gasteiger partial charge in [-0.2, -0.15) is 0 Å². The van der Waals surface area contributed by atoms with Crippen LogP contribution in [0.25, 0.3) is 22.4 Å². The van der Waals surface area contributed by atoms with Crippen LogP contribution in [0.15, 0.2) is 36.5 Å². The Morgan fingerprint density at radius 2 is 1.82 bits per heavy atom. The van der Waals surface area contributed by atoms with Gasteiger partial charge >= 0.3 is 0 Å². The standard InChI is InChI=1S/C23H24Cl2N8O/c1-14-27-18(13-19(28-14)33-9-7-32(8-10-33)11-12-34)30-23-21-17(5-6-26-23)29-22(31-21)20-15(24)3-2-4-16(20)25/h2-6,13,34H,7-12H2,1H3,(H,29,31)(H,26,27,28,30). The minimum atomic E-state index is 0.178. The molecule has 1 aromatic carbocycles. The number of aliphatic hydroxyl groups is 1. The summed E-state index contributed by atoms with van der Waals surface area (Å²) in [6, 6.07) is 9.11. The quantitative estimate of drug-likeness (QED) is 0.367. The molecule has 1 aliphatic heterocycles. The van der Waals surface area contributed by atoms with Gasteiger partial charge in [-0.25, -0.2) is 19.9 Å². The summed E-state index contributed by atoms with van der Waals surface area (Å²) in [5.41, 5.74) is 2.10. The third-order valence-electron chi connectivity index (χ3n) is 5.79. The second-order valence-electron chi connectivity index (χ2n) is 8.07. The maximum atomic E-state index is 9.17. The van der Waals surface area contributed by atoms with Crippen LogP contribution in [0.4, 0.5) is 17.5 Å². The van der Waals surface area contributed by atoms with Crippen molar-refractivity contribution in [3.05, 3.63) is 52.4 Å². The zero-order valence-corrected chi connectivity index (χ0v) is 20.1. The number of pyridine rings is 1. The molecule has 0 aliphatic carbocycles. The van der Waals surface area contributed by atoms with Crippen molar-refractivity contribution in [3.63, 3.8) is 0 Å². The first kappa shape index (κ1) is 22.8. The number of nitrogens with one attached hydrogen (secondary N) is 2. The number of hydrogen-bond acceptors (Lipinski definition) is 8. The van der Waals surface area contributed by atoms with Crippen LogP contribution in [0.5, 0.6) is 0 Å². The largest absolute Gasteiger partial charge is 0.395 e. The summed E-state index contributed by atoms with van der Waals surface area (Å²) in [6.45, 7) is 6.20. The Morgan fingerprint density at radius 1 is 1.06 bits per heavy atom. The van der Waals surface area contributed by atoms with E-state index >= 15 is 0 Å². The number of nitrogens with zero attached hydrogens (tertiary/aromatic N) is 6. The molecule has 1 aliphatic rings. The van der Waals surface area contributed by atoms with Crippen molar-refractivity contribution in [1.29, 1.82) is 0 Å². The van der Waals surface area contributed by atoms with Gasteiger partial charge in [0.1, 0.15) is 28.8 Å². The van der Waals surface area contributed by atoms with Crippen molar-refractivity contribution in [2.24, 2.45) is 0 Å². The Morgan fingerprint density at radius 3 is 2.56 bits per heavy atom. The lowest BCUT2D eigenvalue weighted by Crippen LogP contribution is -2.47. The van der Waals surface area contributed by atoms with E-state index in [2.05, 4.69) is 40.0 Å². The molecule has 1 saturated heterocycles. The van der Waals surface area contributed by atoms with Crippen LogP contribution in [-0.4, -0.2) is 74.3 Å². The van der Waals surface area contributed by atoms with Crippen LogP contribution in [0.3, 0.4) is 0 Å². The highest BCUT2D eigenvalue weighted by Crippen LogP contribution is 2.35. The summed E-state index contributed by atoms with van der Waals surface area (Å²) in [5.74, 6) is 3.34. The number of aliphatic hydroxyl groups excluding tert-OH is 1. The van der Waals surface area contributed by atoms with Gasteiger partial charge in [0.25, 0.3) is 0 Å². The molecular formula is C23H24Cl2N8O. The Kier molecular flexibility index (Phi) is 6.51. The van der Waals surface area contributed by atoms with E-state index in [4.69, 9.17) is 23.2 Å². The zero-order valence-electron chi connectivity index (χ0n) is 18.6. The van der Waals surface area contributed by atoms with Gasteiger partial charge in [0.2, 0.25) is 0 Å². The summed E-state index contributed by atoms with van der Waals surface area (Å²) in [5, 5.41) is 13.5. The van der Waals surface area contributed by atoms with Crippen molar-refractivity contribution in [3.8, 4) is 11.4 Å². The third-order valence-corrected chi connectivity index (χ3v) is 6.42. The Labute approximate surface area is 206 Å². The van der Waals surface area contributed by atoms with Crippen molar-refractivity contribution in [2.75, 3.05) is 49.5 Å². The number of β-amino-alcohol motifs (C(OH)–C–C–N with tert-alkyl or cyclic N) is 1. The van der Waals surface area contributed by atoms with Gasteiger partial charge < -0.3 is 20.3 Å². The molecule has 34 heavy (non-hydrogen) atoms. The van der Waals surface area contributed by atoms with E-state index in [9.17, 15) is 5.11 Å². The van der Waals surface area contributed by atoms with Gasteiger partial charge in [0.15, 0.2) is 5.82 Å². The van der Waals surface area contributed by atoms with E-state index in [0.29, 0.717) is 45.4 Å². The summed E-state index contributed by atoms with van der Waals surface area (Å²) in [4.78, 5) is 26.1. The number of imidazole rings is 1. The molecule has 0 bridgehead atoms. The number of fused-ring (bicyclic) bond motifs is 1. The number of aromatic nitrogens is 5. The fourth-order valence-electron chi connectivity index (χ4n) is 4.11. The molecule has 4 heterocycles. The lowest BCUT2D eigenvalue weighted by Gasteiger charge is -2.35. The molecule has 0 saturated carbocycles. The zero-order chi connectivity index (χ0) is 23.7. The van der Waals surface area contributed by atoms with Crippen molar-refractivity contribution >= 4 is 51.7 Å². The number of halogens is 2. The smallest absolute Gasteiger partial charge is 0.157 e. The molecule has 0 amide bonds. The predicted octanol–water partition coefficient (Wildman–Crippen LogP) is 3.89. The number of H-pyrrole nitrogens is 1. The first-order valence-electron chi connectivity index (χ1n) is 11.0. The molecule has 0 unspecified atom stereocenters. The lowest BCUT2D eigenvalue weighted by atomic mass is 10.2. The van der Waals surface area contributed by atoms with E-state index in [0.717, 1.165) is 43.0 Å². The Bertz CT molecular complexity index is 1300. The van der Waals surface area contributed by atoms with Gasteiger partial charge in [-0.05, 0) is 25.1 Å². The first-order chi connectivity index (χ1) is 16.5. The minimum Gasteiger partial charge on any atom is -0.395 e. The topological polar surface area (TPSA) is 106 Å². The Hall–Kier alpha value is -2.98. The molecule has 3 aromatic heterocycles. The maximum absolute atomic E-state index is 9.17. The first-order valence-corrected chi connectivity index (χ1v) is 11.8. The van der Waals surface area contributed by atoms with E-state index < -0.39 is 0 Å². The highest BCUT2D eigenvalue weighted by Gasteiger charge is 2.19. The van der Waals surface area contributed by atoms with Gasteiger partial charge in [-0.3, -0.25) is 4.90 Å². The number of anilines is 3. The average molecular weight is 499 g/mol. The van der Waals surface area contributed by atoms with E-state index in [-0.39, 0.29) is 6.61 Å². The number of aromatic amines is 1. The van der Waals surface area contributed by atoms with Crippen LogP contribution in [0.1, 0.15) is 5.82 Å². The highest BCUT2D eigenvalue weighted by atomic mass is 35.5. The second-order valence-corrected chi connectivity index (χ2v) is 8.89. The molecule has 11 heteroatoms. The average Bonchev–Trinajstić information content (AvgIpc) is 3.24. The van der Waals surface area contributed by atoms with Crippen LogP contribution >= 0.6 is 23.2 Å². The highest BCUT2D eigenvalue weighted by molar-refractivity contribution is 6.39. The third kappa shape index (κ3) is 4.65.